The van der Waals surface area contributed by atoms with E-state index in [-0.39, 0.29) is 5.78 Å². The molecule has 0 saturated heterocycles. The van der Waals surface area contributed by atoms with Crippen molar-refractivity contribution in [2.24, 2.45) is 0 Å². The van der Waals surface area contributed by atoms with E-state index in [9.17, 15) is 4.79 Å². The van der Waals surface area contributed by atoms with Gasteiger partial charge in [-0.2, -0.15) is 0 Å². The molecule has 2 rings (SSSR count). The highest BCUT2D eigenvalue weighted by Crippen LogP contribution is 2.27. The van der Waals surface area contributed by atoms with Crippen LogP contribution in [-0.2, 0) is 4.74 Å². The lowest BCUT2D eigenvalue weighted by Crippen LogP contribution is -2.19. The summed E-state index contributed by atoms with van der Waals surface area (Å²) < 4.78 is 10.6. The number of ketones is 1. The van der Waals surface area contributed by atoms with Gasteiger partial charge in [-0.3, -0.25) is 4.79 Å². The van der Waals surface area contributed by atoms with Crippen molar-refractivity contribution in [1.82, 2.24) is 0 Å². The Labute approximate surface area is 95.4 Å². The Morgan fingerprint density at radius 2 is 2.19 bits per heavy atom. The van der Waals surface area contributed by atoms with Crippen LogP contribution in [0.5, 0.6) is 5.75 Å². The minimum atomic E-state index is -0.406. The zero-order chi connectivity index (χ0) is 11.5. The molecule has 1 fully saturated rings. The van der Waals surface area contributed by atoms with E-state index in [1.165, 1.54) is 7.11 Å². The second kappa shape index (κ2) is 4.66. The molecule has 0 spiro atoms. The molecule has 3 heteroatoms. The molecule has 1 saturated carbocycles. The van der Waals surface area contributed by atoms with Crippen LogP contribution in [0.25, 0.3) is 0 Å². The van der Waals surface area contributed by atoms with E-state index >= 15 is 0 Å². The van der Waals surface area contributed by atoms with Crippen LogP contribution in [0.2, 0.25) is 0 Å². The van der Waals surface area contributed by atoms with Gasteiger partial charge in [0, 0.05) is 12.7 Å². The van der Waals surface area contributed by atoms with Crippen molar-refractivity contribution in [3.8, 4) is 5.75 Å². The number of Topliss-reactive ketones (excluding diaryl/α,β-unsaturated/α-hetero) is 1. The molecule has 1 aromatic rings. The highest BCUT2D eigenvalue weighted by atomic mass is 16.5. The van der Waals surface area contributed by atoms with Gasteiger partial charge in [-0.05, 0) is 31.9 Å². The first-order chi connectivity index (χ1) is 7.70. The Kier molecular flexibility index (Phi) is 3.25. The average molecular weight is 220 g/mol. The van der Waals surface area contributed by atoms with Crippen molar-refractivity contribution in [2.75, 3.05) is 7.11 Å². The lowest BCUT2D eigenvalue weighted by Gasteiger charge is -2.10. The minimum absolute atomic E-state index is 0.0104. The van der Waals surface area contributed by atoms with Gasteiger partial charge in [-0.25, -0.2) is 0 Å². The van der Waals surface area contributed by atoms with Crippen LogP contribution in [0.15, 0.2) is 24.3 Å². The second-order valence-electron chi connectivity index (χ2n) is 4.09. The van der Waals surface area contributed by atoms with Gasteiger partial charge in [0.1, 0.15) is 11.9 Å². The number of methoxy groups -OCH3 is 1. The van der Waals surface area contributed by atoms with E-state index in [0.29, 0.717) is 11.7 Å². The molecule has 1 atom stereocenters. The maximum absolute atomic E-state index is 11.8. The lowest BCUT2D eigenvalue weighted by atomic mass is 10.1. The number of benzene rings is 1. The normalized spacial score (nSPS) is 16.9. The summed E-state index contributed by atoms with van der Waals surface area (Å²) in [4.78, 5) is 11.8. The van der Waals surface area contributed by atoms with Gasteiger partial charge in [0.15, 0.2) is 5.78 Å². The standard InChI is InChI=1S/C13H16O3/c1-9(15-2)13(14)10-4-3-5-12(8-10)16-11-6-7-11/h3-5,8-9,11H,6-7H2,1-2H3. The third-order valence-electron chi connectivity index (χ3n) is 2.67. The largest absolute Gasteiger partial charge is 0.490 e. The third kappa shape index (κ3) is 2.61. The SMILES string of the molecule is COC(C)C(=O)c1cccc(OC2CC2)c1. The van der Waals surface area contributed by atoms with Crippen molar-refractivity contribution in [3.63, 3.8) is 0 Å². The van der Waals surface area contributed by atoms with E-state index in [4.69, 9.17) is 9.47 Å². The van der Waals surface area contributed by atoms with Crippen molar-refractivity contribution in [2.45, 2.75) is 32.0 Å². The molecule has 0 aromatic heterocycles. The van der Waals surface area contributed by atoms with Crippen LogP contribution < -0.4 is 4.74 Å². The van der Waals surface area contributed by atoms with Gasteiger partial charge in [0.25, 0.3) is 0 Å². The summed E-state index contributed by atoms with van der Waals surface area (Å²) in [6, 6.07) is 7.30. The van der Waals surface area contributed by atoms with E-state index < -0.39 is 6.10 Å². The molecule has 86 valence electrons. The van der Waals surface area contributed by atoms with Gasteiger partial charge in [0.05, 0.1) is 6.10 Å². The Hall–Kier alpha value is -1.35. The topological polar surface area (TPSA) is 35.5 Å². The maximum atomic E-state index is 11.8. The first kappa shape index (κ1) is 11.1. The van der Waals surface area contributed by atoms with Crippen LogP contribution >= 0.6 is 0 Å². The highest BCUT2D eigenvalue weighted by Gasteiger charge is 2.24. The average Bonchev–Trinajstić information content (AvgIpc) is 3.11. The molecule has 0 heterocycles. The minimum Gasteiger partial charge on any atom is -0.490 e. The second-order valence-corrected chi connectivity index (χ2v) is 4.09. The van der Waals surface area contributed by atoms with Crippen LogP contribution in [-0.4, -0.2) is 25.1 Å². The summed E-state index contributed by atoms with van der Waals surface area (Å²) in [5.74, 6) is 0.764. The molecule has 0 aliphatic heterocycles. The first-order valence-electron chi connectivity index (χ1n) is 5.54. The van der Waals surface area contributed by atoms with Crippen LogP contribution in [0.1, 0.15) is 30.1 Å². The molecule has 0 amide bonds. The smallest absolute Gasteiger partial charge is 0.191 e. The lowest BCUT2D eigenvalue weighted by molar-refractivity contribution is 0.0655. The van der Waals surface area contributed by atoms with Crippen molar-refractivity contribution in [1.29, 1.82) is 0 Å². The number of hydrogen-bond acceptors (Lipinski definition) is 3. The molecule has 0 N–H and O–H groups in total. The number of rotatable bonds is 5. The van der Waals surface area contributed by atoms with E-state index in [1.54, 1.807) is 19.1 Å². The van der Waals surface area contributed by atoms with Crippen LogP contribution in [0.4, 0.5) is 0 Å². The predicted molar refractivity (Wildman–Crippen MR) is 60.9 cm³/mol. The molecular formula is C13H16O3. The molecule has 3 nitrogen and oxygen atoms in total. The molecule has 0 bridgehead atoms. The van der Waals surface area contributed by atoms with E-state index in [0.717, 1.165) is 18.6 Å². The zero-order valence-corrected chi connectivity index (χ0v) is 9.60. The molecule has 1 aromatic carbocycles. The van der Waals surface area contributed by atoms with Crippen molar-refractivity contribution >= 4 is 5.78 Å². The Morgan fingerprint density at radius 1 is 1.44 bits per heavy atom. The molecule has 16 heavy (non-hydrogen) atoms. The Balaban J connectivity index is 2.10. The van der Waals surface area contributed by atoms with E-state index in [1.807, 2.05) is 12.1 Å². The number of carbonyl (C=O) groups is 1. The summed E-state index contributed by atoms with van der Waals surface area (Å²) in [5.41, 5.74) is 0.646. The van der Waals surface area contributed by atoms with Crippen molar-refractivity contribution in [3.05, 3.63) is 29.8 Å². The van der Waals surface area contributed by atoms with Crippen molar-refractivity contribution < 1.29 is 14.3 Å². The fraction of sp³-hybridized carbons (Fsp3) is 0.462. The predicted octanol–water partition coefficient (Wildman–Crippen LogP) is 2.45. The quantitative estimate of drug-likeness (QED) is 0.715. The number of ether oxygens (including phenoxy) is 2. The molecule has 1 aliphatic carbocycles. The Morgan fingerprint density at radius 3 is 2.81 bits per heavy atom. The summed E-state index contributed by atoms with van der Waals surface area (Å²) >= 11 is 0. The third-order valence-corrected chi connectivity index (χ3v) is 2.67. The highest BCUT2D eigenvalue weighted by molar-refractivity contribution is 5.99. The van der Waals surface area contributed by atoms with Gasteiger partial charge in [0.2, 0.25) is 0 Å². The number of hydrogen-bond donors (Lipinski definition) is 0. The first-order valence-corrected chi connectivity index (χ1v) is 5.54. The summed E-state index contributed by atoms with van der Waals surface area (Å²) in [5, 5.41) is 0. The van der Waals surface area contributed by atoms with Gasteiger partial charge in [-0.15, -0.1) is 0 Å². The zero-order valence-electron chi connectivity index (χ0n) is 9.60. The fourth-order valence-corrected chi connectivity index (χ4v) is 1.44. The van der Waals surface area contributed by atoms with Gasteiger partial charge in [-0.1, -0.05) is 12.1 Å². The Bertz CT molecular complexity index is 383. The van der Waals surface area contributed by atoms with E-state index in [2.05, 4.69) is 0 Å². The van der Waals surface area contributed by atoms with Crippen LogP contribution in [0.3, 0.4) is 0 Å². The molecule has 1 unspecified atom stereocenters. The maximum Gasteiger partial charge on any atom is 0.191 e. The summed E-state index contributed by atoms with van der Waals surface area (Å²) in [6.07, 6.45) is 2.18. The summed E-state index contributed by atoms with van der Waals surface area (Å²) in [7, 11) is 1.53. The fourth-order valence-electron chi connectivity index (χ4n) is 1.44. The number of carbonyl (C=O) groups excluding carboxylic acids is 1. The monoisotopic (exact) mass is 220 g/mol. The molecule has 0 radical (unpaired) electrons. The van der Waals surface area contributed by atoms with Crippen LogP contribution in [0, 0.1) is 0 Å². The van der Waals surface area contributed by atoms with Gasteiger partial charge >= 0.3 is 0 Å². The van der Waals surface area contributed by atoms with Gasteiger partial charge < -0.3 is 9.47 Å². The molecule has 1 aliphatic rings. The molecular weight excluding hydrogens is 204 g/mol. The summed E-state index contributed by atoms with van der Waals surface area (Å²) in [6.45, 7) is 1.75.